The van der Waals surface area contributed by atoms with Crippen molar-refractivity contribution in [3.63, 3.8) is 0 Å². The lowest BCUT2D eigenvalue weighted by Gasteiger charge is -2.19. The van der Waals surface area contributed by atoms with Crippen LogP contribution >= 0.6 is 0 Å². The first-order chi connectivity index (χ1) is 9.59. The third kappa shape index (κ3) is 5.03. The van der Waals surface area contributed by atoms with E-state index in [9.17, 15) is 4.79 Å². The summed E-state index contributed by atoms with van der Waals surface area (Å²) in [5, 5.41) is 3.84. The first-order valence-electron chi connectivity index (χ1n) is 7.27. The molecule has 0 bridgehead atoms. The minimum atomic E-state index is -0.445. The van der Waals surface area contributed by atoms with Gasteiger partial charge in [-0.3, -0.25) is 4.79 Å². The second-order valence-electron chi connectivity index (χ2n) is 7.09. The maximum atomic E-state index is 12.2. The Morgan fingerprint density at radius 3 is 2.52 bits per heavy atom. The molecule has 1 rings (SSSR count). The number of esters is 1. The molecule has 1 fully saturated rings. The molecule has 4 nitrogen and oxygen atoms in total. The Kier molecular flexibility index (Phi) is 5.37. The third-order valence-corrected chi connectivity index (χ3v) is 3.54. The van der Waals surface area contributed by atoms with Gasteiger partial charge in [0, 0.05) is 0 Å². The van der Waals surface area contributed by atoms with E-state index in [-0.39, 0.29) is 23.2 Å². The summed E-state index contributed by atoms with van der Waals surface area (Å²) in [7, 11) is 0. The Morgan fingerprint density at radius 1 is 1.38 bits per heavy atom. The van der Waals surface area contributed by atoms with E-state index < -0.39 is 5.60 Å². The number of ether oxygens (including phenoxy) is 1. The van der Waals surface area contributed by atoms with Gasteiger partial charge in [0.25, 0.3) is 0 Å². The van der Waals surface area contributed by atoms with Gasteiger partial charge in [-0.15, -0.1) is 0 Å². The number of nitrogens with zero attached hydrogens (tertiary/aromatic N) is 1. The molecule has 0 aromatic rings. The van der Waals surface area contributed by atoms with E-state index in [2.05, 4.69) is 31.7 Å². The van der Waals surface area contributed by atoms with Crippen molar-refractivity contribution in [3.8, 4) is 0 Å². The minimum Gasteiger partial charge on any atom is -0.460 e. The van der Waals surface area contributed by atoms with Crippen molar-refractivity contribution in [1.82, 2.24) is 0 Å². The van der Waals surface area contributed by atoms with Gasteiger partial charge in [-0.25, -0.2) is 0 Å². The second-order valence-corrected chi connectivity index (χ2v) is 7.09. The van der Waals surface area contributed by atoms with Crippen LogP contribution in [0.1, 0.15) is 41.5 Å². The summed E-state index contributed by atoms with van der Waals surface area (Å²) < 4.78 is 5.48. The molecule has 0 saturated heterocycles. The fourth-order valence-corrected chi connectivity index (χ4v) is 2.35. The highest BCUT2D eigenvalue weighted by Crippen LogP contribution is 2.60. The molecular formula is C17H27NO3. The topological polar surface area (TPSA) is 47.9 Å². The molecule has 0 heterocycles. The van der Waals surface area contributed by atoms with Crippen molar-refractivity contribution in [3.05, 3.63) is 24.3 Å². The van der Waals surface area contributed by atoms with Crippen LogP contribution in [-0.2, 0) is 14.4 Å². The van der Waals surface area contributed by atoms with E-state index in [1.165, 1.54) is 0 Å². The predicted molar refractivity (Wildman–Crippen MR) is 85.0 cm³/mol. The number of hydrogen-bond donors (Lipinski definition) is 0. The maximum Gasteiger partial charge on any atom is 0.310 e. The Labute approximate surface area is 127 Å². The highest BCUT2D eigenvalue weighted by atomic mass is 16.6. The Hall–Kier alpha value is -1.58. The lowest BCUT2D eigenvalue weighted by Crippen LogP contribution is -2.26. The van der Waals surface area contributed by atoms with Crippen molar-refractivity contribution in [2.45, 2.75) is 47.1 Å². The standard InChI is InChI=1S/C17H27NO3/c1-8-9-20-18-11-12(2)10-13-14(17(13,6)7)15(19)21-16(3,4)5/h8,10-11,13-14H,1,9H2,2-7H3/b12-10?,18-11+/t13-,14+/m1/s1. The smallest absolute Gasteiger partial charge is 0.310 e. The van der Waals surface area contributed by atoms with Gasteiger partial charge >= 0.3 is 5.97 Å². The summed E-state index contributed by atoms with van der Waals surface area (Å²) in [4.78, 5) is 17.2. The molecule has 0 aromatic heterocycles. The van der Waals surface area contributed by atoms with Crippen LogP contribution in [0.2, 0.25) is 0 Å². The van der Waals surface area contributed by atoms with Gasteiger partial charge in [0.15, 0.2) is 0 Å². The minimum absolute atomic E-state index is 0.0700. The van der Waals surface area contributed by atoms with Crippen LogP contribution in [0.25, 0.3) is 0 Å². The Balaban J connectivity index is 2.65. The Bertz CT molecular complexity index is 455. The molecule has 1 aliphatic rings. The van der Waals surface area contributed by atoms with Gasteiger partial charge in [0.1, 0.15) is 12.2 Å². The first-order valence-corrected chi connectivity index (χ1v) is 7.27. The highest BCUT2D eigenvalue weighted by molar-refractivity contribution is 5.81. The molecule has 21 heavy (non-hydrogen) atoms. The van der Waals surface area contributed by atoms with E-state index in [0.29, 0.717) is 6.61 Å². The third-order valence-electron chi connectivity index (χ3n) is 3.54. The molecule has 0 amide bonds. The van der Waals surface area contributed by atoms with Crippen LogP contribution in [0, 0.1) is 17.3 Å². The zero-order valence-corrected chi connectivity index (χ0v) is 14.0. The van der Waals surface area contributed by atoms with Crippen molar-refractivity contribution in [1.29, 1.82) is 0 Å². The molecule has 0 spiro atoms. The predicted octanol–water partition coefficient (Wildman–Crippen LogP) is 3.74. The molecule has 1 aliphatic carbocycles. The lowest BCUT2D eigenvalue weighted by molar-refractivity contribution is -0.157. The average Bonchev–Trinajstić information content (AvgIpc) is 2.84. The zero-order chi connectivity index (χ0) is 16.3. The number of rotatable bonds is 6. The van der Waals surface area contributed by atoms with Crippen LogP contribution in [0.5, 0.6) is 0 Å². The molecule has 1 saturated carbocycles. The van der Waals surface area contributed by atoms with E-state index in [1.54, 1.807) is 12.3 Å². The molecular weight excluding hydrogens is 266 g/mol. The van der Waals surface area contributed by atoms with E-state index in [1.807, 2.05) is 27.7 Å². The second kappa shape index (κ2) is 6.46. The van der Waals surface area contributed by atoms with Crippen LogP contribution in [0.3, 0.4) is 0 Å². The van der Waals surface area contributed by atoms with Crippen LogP contribution < -0.4 is 0 Å². The number of carbonyl (C=O) groups excluding carboxylic acids is 1. The van der Waals surface area contributed by atoms with Crippen molar-refractivity contribution in [2.24, 2.45) is 22.4 Å². The quantitative estimate of drug-likeness (QED) is 0.246. The van der Waals surface area contributed by atoms with Crippen molar-refractivity contribution in [2.75, 3.05) is 6.61 Å². The lowest BCUT2D eigenvalue weighted by atomic mass is 10.1. The summed E-state index contributed by atoms with van der Waals surface area (Å²) in [6.07, 6.45) is 5.36. The van der Waals surface area contributed by atoms with Gasteiger partial charge in [-0.1, -0.05) is 37.7 Å². The summed E-state index contributed by atoms with van der Waals surface area (Å²) in [5.74, 6) is -0.0335. The normalized spacial score (nSPS) is 24.8. The van der Waals surface area contributed by atoms with Crippen LogP contribution in [0.4, 0.5) is 0 Å². The summed E-state index contributed by atoms with van der Waals surface area (Å²) >= 11 is 0. The fraction of sp³-hybridized carbons (Fsp3) is 0.647. The van der Waals surface area contributed by atoms with Crippen molar-refractivity contribution < 1.29 is 14.4 Å². The van der Waals surface area contributed by atoms with Gasteiger partial charge in [0.2, 0.25) is 0 Å². The van der Waals surface area contributed by atoms with E-state index in [0.717, 1.165) is 5.57 Å². The van der Waals surface area contributed by atoms with E-state index in [4.69, 9.17) is 9.57 Å². The van der Waals surface area contributed by atoms with Gasteiger partial charge in [-0.2, -0.15) is 0 Å². The highest BCUT2D eigenvalue weighted by Gasteiger charge is 2.61. The van der Waals surface area contributed by atoms with E-state index >= 15 is 0 Å². The largest absolute Gasteiger partial charge is 0.460 e. The van der Waals surface area contributed by atoms with Gasteiger partial charge in [0.05, 0.1) is 12.1 Å². The molecule has 0 unspecified atom stereocenters. The van der Waals surface area contributed by atoms with Crippen molar-refractivity contribution >= 4 is 12.2 Å². The Morgan fingerprint density at radius 2 is 2.00 bits per heavy atom. The molecule has 0 N–H and O–H groups in total. The summed E-state index contributed by atoms with van der Waals surface area (Å²) in [5.41, 5.74) is 0.460. The van der Waals surface area contributed by atoms with Gasteiger partial charge < -0.3 is 9.57 Å². The average molecular weight is 293 g/mol. The van der Waals surface area contributed by atoms with Gasteiger partial charge in [-0.05, 0) is 44.6 Å². The SMILES string of the molecule is C=CCO/N=C/C(C)=C[C@@H]1[C@@H](C(=O)OC(C)(C)C)C1(C)C. The van der Waals surface area contributed by atoms with Crippen LogP contribution in [-0.4, -0.2) is 24.4 Å². The first kappa shape index (κ1) is 17.5. The maximum absolute atomic E-state index is 12.2. The summed E-state index contributed by atoms with van der Waals surface area (Å²) in [6.45, 7) is 15.7. The number of hydrogen-bond acceptors (Lipinski definition) is 4. The fourth-order valence-electron chi connectivity index (χ4n) is 2.35. The monoisotopic (exact) mass is 293 g/mol. The molecule has 0 radical (unpaired) electrons. The number of oxime groups is 1. The molecule has 4 heteroatoms. The number of allylic oxidation sites excluding steroid dienone is 2. The molecule has 118 valence electrons. The molecule has 0 aliphatic heterocycles. The summed E-state index contributed by atoms with van der Waals surface area (Å²) in [6, 6.07) is 0. The molecule has 2 atom stereocenters. The van der Waals surface area contributed by atoms with Crippen LogP contribution in [0.15, 0.2) is 29.5 Å². The molecule has 0 aromatic carbocycles. The number of carbonyl (C=O) groups is 1. The zero-order valence-electron chi connectivity index (χ0n) is 14.0.